The maximum absolute atomic E-state index is 12.4. The first kappa shape index (κ1) is 22.6. The molecule has 0 bridgehead atoms. The Morgan fingerprint density at radius 2 is 1.74 bits per heavy atom. The molecule has 0 aromatic heterocycles. The van der Waals surface area contributed by atoms with Crippen LogP contribution in [-0.4, -0.2) is 45.1 Å². The third-order valence-electron chi connectivity index (χ3n) is 3.88. The van der Waals surface area contributed by atoms with Crippen molar-refractivity contribution in [3.05, 3.63) is 23.8 Å². The van der Waals surface area contributed by atoms with Gasteiger partial charge in [0.25, 0.3) is 0 Å². The van der Waals surface area contributed by atoms with Crippen LogP contribution < -0.4 is 30.2 Å². The van der Waals surface area contributed by atoms with Gasteiger partial charge in [0.1, 0.15) is 5.66 Å². The second-order valence-corrected chi connectivity index (χ2v) is 6.48. The van der Waals surface area contributed by atoms with E-state index in [-0.39, 0.29) is 5.91 Å². The predicted molar refractivity (Wildman–Crippen MR) is 111 cm³/mol. The van der Waals surface area contributed by atoms with Gasteiger partial charge in [-0.3, -0.25) is 4.79 Å². The normalized spacial score (nSPS) is 12.8. The fraction of sp³-hybridized carbons (Fsp3) is 0.474. The molecule has 1 aromatic carbocycles. The summed E-state index contributed by atoms with van der Waals surface area (Å²) in [6.45, 7) is 3.94. The van der Waals surface area contributed by atoms with E-state index in [0.717, 1.165) is 18.4 Å². The van der Waals surface area contributed by atoms with Gasteiger partial charge in [0, 0.05) is 13.1 Å². The molecule has 27 heavy (non-hydrogen) atoms. The number of carbonyl (C=O) groups is 1. The first-order valence-electron chi connectivity index (χ1n) is 8.62. The summed E-state index contributed by atoms with van der Waals surface area (Å²) in [5.74, 6) is 1.30. The summed E-state index contributed by atoms with van der Waals surface area (Å²) in [4.78, 5) is 12.4. The zero-order chi connectivity index (χ0) is 20.4. The van der Waals surface area contributed by atoms with E-state index in [1.165, 1.54) is 6.08 Å². The highest BCUT2D eigenvalue weighted by Gasteiger charge is 2.25. The van der Waals surface area contributed by atoms with Gasteiger partial charge in [0.05, 0.1) is 21.3 Å². The van der Waals surface area contributed by atoms with Crippen LogP contribution in [0, 0.1) is 0 Å². The van der Waals surface area contributed by atoms with E-state index >= 15 is 0 Å². The molecular weight excluding hydrogens is 366 g/mol. The van der Waals surface area contributed by atoms with Crippen LogP contribution in [0.1, 0.15) is 32.3 Å². The minimum Gasteiger partial charge on any atom is -0.493 e. The zero-order valence-corrected chi connectivity index (χ0v) is 17.6. The number of benzene rings is 1. The number of rotatable bonds is 9. The van der Waals surface area contributed by atoms with E-state index in [1.807, 2.05) is 13.8 Å². The molecule has 7 nitrogen and oxygen atoms in total. The average Bonchev–Trinajstić information content (AvgIpc) is 2.64. The van der Waals surface area contributed by atoms with Crippen LogP contribution in [0.5, 0.6) is 17.2 Å². The van der Waals surface area contributed by atoms with Gasteiger partial charge in [-0.25, -0.2) is 0 Å². The van der Waals surface area contributed by atoms with Gasteiger partial charge in [0.15, 0.2) is 16.6 Å². The van der Waals surface area contributed by atoms with Gasteiger partial charge >= 0.3 is 0 Å². The monoisotopic (exact) mass is 395 g/mol. The summed E-state index contributed by atoms with van der Waals surface area (Å²) in [5, 5.41) is 9.41. The summed E-state index contributed by atoms with van der Waals surface area (Å²) < 4.78 is 15.9. The van der Waals surface area contributed by atoms with Crippen LogP contribution >= 0.6 is 12.2 Å². The lowest BCUT2D eigenvalue weighted by atomic mass is 10.1. The van der Waals surface area contributed by atoms with Gasteiger partial charge < -0.3 is 30.2 Å². The van der Waals surface area contributed by atoms with E-state index in [4.69, 9.17) is 26.4 Å². The van der Waals surface area contributed by atoms with Gasteiger partial charge in [-0.05, 0) is 49.3 Å². The van der Waals surface area contributed by atoms with Crippen molar-refractivity contribution in [1.82, 2.24) is 16.0 Å². The molecule has 0 fully saturated rings. The Morgan fingerprint density at radius 1 is 1.15 bits per heavy atom. The predicted octanol–water partition coefficient (Wildman–Crippen LogP) is 2.45. The quantitative estimate of drug-likeness (QED) is 0.337. The van der Waals surface area contributed by atoms with Crippen molar-refractivity contribution in [2.75, 3.05) is 28.4 Å². The lowest BCUT2D eigenvalue weighted by Crippen LogP contribution is -2.59. The molecule has 0 aliphatic rings. The van der Waals surface area contributed by atoms with Gasteiger partial charge in [-0.2, -0.15) is 0 Å². The Bertz CT molecular complexity index is 669. The molecule has 0 aliphatic carbocycles. The van der Waals surface area contributed by atoms with Crippen molar-refractivity contribution in [2.24, 2.45) is 0 Å². The Hall–Kier alpha value is -2.48. The number of amides is 1. The Labute approximate surface area is 166 Å². The lowest BCUT2D eigenvalue weighted by Gasteiger charge is -2.32. The molecule has 0 saturated heterocycles. The van der Waals surface area contributed by atoms with Crippen molar-refractivity contribution < 1.29 is 19.0 Å². The van der Waals surface area contributed by atoms with E-state index < -0.39 is 5.66 Å². The standard InChI is InChI=1S/C19H29N3O4S/c1-7-10-19(2,22-18(27)20-3)21-16(23)9-8-13-11-14(24-4)17(26-6)15(12-13)25-5/h8-9,11-12H,7,10H2,1-6H3,(H,21,23)(H2,20,22,27)/b9-8+. The third-order valence-corrected chi connectivity index (χ3v) is 4.19. The topological polar surface area (TPSA) is 80.9 Å². The molecule has 150 valence electrons. The molecule has 0 radical (unpaired) electrons. The highest BCUT2D eigenvalue weighted by atomic mass is 32.1. The molecule has 1 aromatic rings. The highest BCUT2D eigenvalue weighted by molar-refractivity contribution is 7.80. The van der Waals surface area contributed by atoms with Crippen molar-refractivity contribution in [2.45, 2.75) is 32.4 Å². The van der Waals surface area contributed by atoms with E-state index in [1.54, 1.807) is 46.6 Å². The Balaban J connectivity index is 2.97. The van der Waals surface area contributed by atoms with Crippen molar-refractivity contribution in [3.8, 4) is 17.2 Å². The van der Waals surface area contributed by atoms with Gasteiger partial charge in [0.2, 0.25) is 11.7 Å². The number of ether oxygens (including phenoxy) is 3. The highest BCUT2D eigenvalue weighted by Crippen LogP contribution is 2.38. The van der Waals surface area contributed by atoms with E-state index in [0.29, 0.717) is 22.4 Å². The van der Waals surface area contributed by atoms with Crippen LogP contribution in [0.4, 0.5) is 0 Å². The average molecular weight is 396 g/mol. The summed E-state index contributed by atoms with van der Waals surface area (Å²) in [6.07, 6.45) is 4.74. The molecule has 8 heteroatoms. The van der Waals surface area contributed by atoms with Crippen LogP contribution in [0.3, 0.4) is 0 Å². The minimum atomic E-state index is -0.647. The lowest BCUT2D eigenvalue weighted by molar-refractivity contribution is -0.118. The molecule has 0 saturated carbocycles. The van der Waals surface area contributed by atoms with Crippen molar-refractivity contribution in [3.63, 3.8) is 0 Å². The molecule has 0 aliphatic heterocycles. The number of nitrogens with one attached hydrogen (secondary N) is 3. The molecule has 1 unspecified atom stereocenters. The second kappa shape index (κ2) is 10.6. The maximum Gasteiger partial charge on any atom is 0.245 e. The van der Waals surface area contributed by atoms with Crippen LogP contribution in [0.25, 0.3) is 6.08 Å². The molecule has 1 atom stereocenters. The molecule has 3 N–H and O–H groups in total. The molecule has 0 spiro atoms. The number of thiocarbonyl (C=S) groups is 1. The molecule has 0 heterocycles. The molecule has 1 amide bonds. The Kier molecular flexibility index (Phi) is 8.87. The van der Waals surface area contributed by atoms with Gasteiger partial charge in [-0.1, -0.05) is 13.3 Å². The zero-order valence-electron chi connectivity index (χ0n) is 16.8. The third kappa shape index (κ3) is 6.63. The van der Waals surface area contributed by atoms with Crippen molar-refractivity contribution >= 4 is 29.3 Å². The summed E-state index contributed by atoms with van der Waals surface area (Å²) in [7, 11) is 6.36. The van der Waals surface area contributed by atoms with Crippen molar-refractivity contribution in [1.29, 1.82) is 0 Å². The van der Waals surface area contributed by atoms with E-state index in [2.05, 4.69) is 16.0 Å². The largest absolute Gasteiger partial charge is 0.493 e. The Morgan fingerprint density at radius 3 is 2.19 bits per heavy atom. The fourth-order valence-corrected chi connectivity index (χ4v) is 2.88. The van der Waals surface area contributed by atoms with E-state index in [9.17, 15) is 4.79 Å². The number of hydrogen-bond acceptors (Lipinski definition) is 5. The SMILES string of the molecule is CCCC(C)(NC(=O)/C=C/c1cc(OC)c(OC)c(OC)c1)NC(=S)NC. The smallest absolute Gasteiger partial charge is 0.245 e. The number of hydrogen-bond donors (Lipinski definition) is 3. The maximum atomic E-state index is 12.4. The summed E-state index contributed by atoms with van der Waals surface area (Å²) in [5.41, 5.74) is 0.0986. The second-order valence-electron chi connectivity index (χ2n) is 6.07. The minimum absolute atomic E-state index is 0.244. The van der Waals surface area contributed by atoms with Crippen LogP contribution in [0.15, 0.2) is 18.2 Å². The number of carbonyl (C=O) groups excluding carboxylic acids is 1. The van der Waals surface area contributed by atoms with Gasteiger partial charge in [-0.15, -0.1) is 0 Å². The first-order valence-corrected chi connectivity index (χ1v) is 9.03. The van der Waals surface area contributed by atoms with Crippen LogP contribution in [0.2, 0.25) is 0 Å². The summed E-state index contributed by atoms with van der Waals surface area (Å²) in [6, 6.07) is 3.54. The molecule has 1 rings (SSSR count). The van der Waals surface area contributed by atoms with Crippen LogP contribution in [-0.2, 0) is 4.79 Å². The summed E-state index contributed by atoms with van der Waals surface area (Å²) >= 11 is 5.16. The number of methoxy groups -OCH3 is 3. The molecular formula is C19H29N3O4S. The fourth-order valence-electron chi connectivity index (χ4n) is 2.65. The first-order chi connectivity index (χ1) is 12.8.